The maximum Gasteiger partial charge on any atom is 0.243 e. The number of sulfonamides is 1. The topological polar surface area (TPSA) is 93.5 Å². The number of aryl methyl sites for hydroxylation is 2. The van der Waals surface area contributed by atoms with E-state index in [0.29, 0.717) is 31.6 Å². The normalized spacial score (nSPS) is 11.8. The molecule has 1 amide bonds. The summed E-state index contributed by atoms with van der Waals surface area (Å²) in [5.41, 5.74) is 2.43. The smallest absolute Gasteiger partial charge is 0.243 e. The number of hydrogen-bond donors (Lipinski definition) is 1. The zero-order valence-corrected chi connectivity index (χ0v) is 19.8. The van der Waals surface area contributed by atoms with Crippen LogP contribution in [0.3, 0.4) is 0 Å². The number of methoxy groups -OCH3 is 1. The van der Waals surface area contributed by atoms with E-state index in [4.69, 9.17) is 4.74 Å². The molecule has 0 spiro atoms. The van der Waals surface area contributed by atoms with Crippen LogP contribution in [0.2, 0.25) is 0 Å². The average molecular weight is 459 g/mol. The van der Waals surface area contributed by atoms with E-state index < -0.39 is 10.0 Å². The van der Waals surface area contributed by atoms with E-state index in [1.165, 1.54) is 4.31 Å². The molecule has 1 aromatic heterocycles. The van der Waals surface area contributed by atoms with Gasteiger partial charge in [-0.2, -0.15) is 4.31 Å². The number of nitrogens with one attached hydrogen (secondary N) is 1. The van der Waals surface area contributed by atoms with E-state index in [1.54, 1.807) is 25.3 Å². The minimum absolute atomic E-state index is 0.0716. The van der Waals surface area contributed by atoms with Gasteiger partial charge in [0.2, 0.25) is 15.9 Å². The number of nitrogens with zero attached hydrogens (tertiary/aromatic N) is 3. The van der Waals surface area contributed by atoms with Crippen LogP contribution in [0.25, 0.3) is 11.0 Å². The number of hydrogen-bond acceptors (Lipinski definition) is 5. The monoisotopic (exact) mass is 458 g/mol. The minimum Gasteiger partial charge on any atom is -0.497 e. The molecule has 0 bridgehead atoms. The second kappa shape index (κ2) is 10.1. The summed E-state index contributed by atoms with van der Waals surface area (Å²) in [5.74, 6) is 1.43. The van der Waals surface area contributed by atoms with E-state index in [-0.39, 0.29) is 17.2 Å². The fourth-order valence-electron chi connectivity index (χ4n) is 3.58. The van der Waals surface area contributed by atoms with Gasteiger partial charge in [0.1, 0.15) is 11.6 Å². The third-order valence-corrected chi connectivity index (χ3v) is 7.56. The van der Waals surface area contributed by atoms with E-state index in [2.05, 4.69) is 10.3 Å². The van der Waals surface area contributed by atoms with Crippen molar-refractivity contribution in [1.29, 1.82) is 0 Å². The fourth-order valence-corrected chi connectivity index (χ4v) is 5.06. The molecule has 0 aliphatic rings. The molecular formula is C23H30N4O4S. The van der Waals surface area contributed by atoms with Gasteiger partial charge in [0.05, 0.1) is 23.0 Å². The molecule has 3 aromatic rings. The Bertz CT molecular complexity index is 1180. The van der Waals surface area contributed by atoms with Gasteiger partial charge in [-0.3, -0.25) is 4.79 Å². The van der Waals surface area contributed by atoms with Crippen LogP contribution in [-0.2, 0) is 34.8 Å². The molecule has 0 aliphatic carbocycles. The second-order valence-corrected chi connectivity index (χ2v) is 9.39. The summed E-state index contributed by atoms with van der Waals surface area (Å²) < 4.78 is 34.1. The molecule has 3 rings (SSSR count). The summed E-state index contributed by atoms with van der Waals surface area (Å²) in [6.07, 6.45) is 0.746. The fraction of sp³-hybridized carbons (Fsp3) is 0.391. The molecule has 32 heavy (non-hydrogen) atoms. The van der Waals surface area contributed by atoms with Crippen molar-refractivity contribution >= 4 is 27.0 Å². The van der Waals surface area contributed by atoms with Crippen molar-refractivity contribution in [3.8, 4) is 5.75 Å². The lowest BCUT2D eigenvalue weighted by Crippen LogP contribution is -2.30. The molecule has 0 atom stereocenters. The van der Waals surface area contributed by atoms with Gasteiger partial charge in [-0.05, 0) is 35.9 Å². The number of carbonyl (C=O) groups excluding carboxylic acids is 1. The summed E-state index contributed by atoms with van der Waals surface area (Å²) in [7, 11) is -0.0609. The number of ether oxygens (including phenoxy) is 1. The predicted octanol–water partition coefficient (Wildman–Crippen LogP) is 2.86. The Balaban J connectivity index is 1.67. The maximum atomic E-state index is 12.8. The molecule has 0 unspecified atom stereocenters. The first-order chi connectivity index (χ1) is 15.3. The third-order valence-electron chi connectivity index (χ3n) is 5.51. The number of benzene rings is 2. The van der Waals surface area contributed by atoms with Gasteiger partial charge < -0.3 is 14.6 Å². The zero-order valence-electron chi connectivity index (χ0n) is 19.0. The Morgan fingerprint density at radius 3 is 2.44 bits per heavy atom. The Hall–Kier alpha value is -2.91. The maximum absolute atomic E-state index is 12.8. The van der Waals surface area contributed by atoms with Crippen LogP contribution < -0.4 is 10.1 Å². The van der Waals surface area contributed by atoms with Gasteiger partial charge in [-0.25, -0.2) is 13.4 Å². The quantitative estimate of drug-likeness (QED) is 0.504. The lowest BCUT2D eigenvalue weighted by Gasteiger charge is -2.18. The molecule has 9 heteroatoms. The van der Waals surface area contributed by atoms with Gasteiger partial charge in [0, 0.05) is 39.5 Å². The summed E-state index contributed by atoms with van der Waals surface area (Å²) in [5, 5.41) is 2.91. The predicted molar refractivity (Wildman–Crippen MR) is 124 cm³/mol. The Kier molecular flexibility index (Phi) is 7.52. The van der Waals surface area contributed by atoms with Crippen molar-refractivity contribution in [3.05, 3.63) is 53.9 Å². The SMILES string of the molecule is CCN(CC)S(=O)(=O)c1ccc2c(c1)nc(CCC(=O)NCc1ccc(OC)cc1)n2C. The van der Waals surface area contributed by atoms with Crippen LogP contribution in [0.5, 0.6) is 5.75 Å². The number of amides is 1. The standard InChI is InChI=1S/C23H30N4O4S/c1-5-27(6-2)32(29,30)19-11-12-21-20(15-19)25-22(26(21)3)13-14-23(28)24-16-17-7-9-18(31-4)10-8-17/h7-12,15H,5-6,13-14,16H2,1-4H3,(H,24,28). The van der Waals surface area contributed by atoms with Crippen LogP contribution in [0.4, 0.5) is 0 Å². The molecule has 0 radical (unpaired) electrons. The minimum atomic E-state index is -3.55. The Labute approximate surface area is 189 Å². The van der Waals surface area contributed by atoms with Crippen LogP contribution >= 0.6 is 0 Å². The largest absolute Gasteiger partial charge is 0.497 e. The van der Waals surface area contributed by atoms with E-state index in [9.17, 15) is 13.2 Å². The molecular weight excluding hydrogens is 428 g/mol. The number of fused-ring (bicyclic) bond motifs is 1. The van der Waals surface area contributed by atoms with Crippen molar-refractivity contribution in [2.24, 2.45) is 7.05 Å². The number of aromatic nitrogens is 2. The van der Waals surface area contributed by atoms with Crippen molar-refractivity contribution in [1.82, 2.24) is 19.2 Å². The second-order valence-electron chi connectivity index (χ2n) is 7.45. The first-order valence-electron chi connectivity index (χ1n) is 10.6. The third kappa shape index (κ3) is 5.11. The lowest BCUT2D eigenvalue weighted by atomic mass is 10.2. The summed E-state index contributed by atoms with van der Waals surface area (Å²) in [6.45, 7) is 4.90. The highest BCUT2D eigenvalue weighted by atomic mass is 32.2. The van der Waals surface area contributed by atoms with Gasteiger partial charge in [0.15, 0.2) is 0 Å². The number of rotatable bonds is 10. The lowest BCUT2D eigenvalue weighted by molar-refractivity contribution is -0.121. The van der Waals surface area contributed by atoms with Gasteiger partial charge in [-0.1, -0.05) is 26.0 Å². The van der Waals surface area contributed by atoms with Crippen molar-refractivity contribution in [2.75, 3.05) is 20.2 Å². The molecule has 1 N–H and O–H groups in total. The van der Waals surface area contributed by atoms with Gasteiger partial charge in [-0.15, -0.1) is 0 Å². The van der Waals surface area contributed by atoms with Crippen LogP contribution in [0.1, 0.15) is 31.7 Å². The Morgan fingerprint density at radius 2 is 1.81 bits per heavy atom. The molecule has 0 aliphatic heterocycles. The highest BCUT2D eigenvalue weighted by Gasteiger charge is 2.22. The highest BCUT2D eigenvalue weighted by Crippen LogP contribution is 2.22. The molecule has 0 fully saturated rings. The Morgan fingerprint density at radius 1 is 1.12 bits per heavy atom. The molecule has 0 saturated heterocycles. The molecule has 172 valence electrons. The van der Waals surface area contributed by atoms with Gasteiger partial charge >= 0.3 is 0 Å². The zero-order chi connectivity index (χ0) is 23.3. The van der Waals surface area contributed by atoms with E-state index in [0.717, 1.165) is 22.7 Å². The summed E-state index contributed by atoms with van der Waals surface area (Å²) in [6, 6.07) is 12.5. The molecule has 8 nitrogen and oxygen atoms in total. The number of imidazole rings is 1. The van der Waals surface area contributed by atoms with Gasteiger partial charge in [0.25, 0.3) is 0 Å². The first-order valence-corrected chi connectivity index (χ1v) is 12.1. The van der Waals surface area contributed by atoms with Crippen LogP contribution in [0, 0.1) is 0 Å². The van der Waals surface area contributed by atoms with Crippen molar-refractivity contribution in [2.45, 2.75) is 38.1 Å². The highest BCUT2D eigenvalue weighted by molar-refractivity contribution is 7.89. The summed E-state index contributed by atoms with van der Waals surface area (Å²) >= 11 is 0. The summed E-state index contributed by atoms with van der Waals surface area (Å²) in [4.78, 5) is 17.1. The van der Waals surface area contributed by atoms with Crippen LogP contribution in [0.15, 0.2) is 47.4 Å². The van der Waals surface area contributed by atoms with Crippen LogP contribution in [-0.4, -0.2) is 48.4 Å². The molecule has 1 heterocycles. The van der Waals surface area contributed by atoms with Crippen molar-refractivity contribution < 1.29 is 17.9 Å². The molecule has 2 aromatic carbocycles. The van der Waals surface area contributed by atoms with Crippen molar-refractivity contribution in [3.63, 3.8) is 0 Å². The van der Waals surface area contributed by atoms with E-state index in [1.807, 2.05) is 49.7 Å². The molecule has 0 saturated carbocycles. The average Bonchev–Trinajstić information content (AvgIpc) is 3.12. The van der Waals surface area contributed by atoms with E-state index >= 15 is 0 Å². The number of carbonyl (C=O) groups is 1. The first kappa shape index (κ1) is 23.7.